The van der Waals surface area contributed by atoms with Gasteiger partial charge in [-0.05, 0) is 77.9 Å². The number of aromatic nitrogens is 9. The Morgan fingerprint density at radius 2 is 1.22 bits per heavy atom. The Morgan fingerprint density at radius 1 is 0.593 bits per heavy atom. The molecule has 0 saturated carbocycles. The zero-order chi connectivity index (χ0) is 40.8. The monoisotopic (exact) mass is 791 g/mol. The molecule has 0 aliphatic carbocycles. The molecule has 0 aliphatic rings. The van der Waals surface area contributed by atoms with Crippen LogP contribution in [0.15, 0.2) is 144 Å². The lowest BCUT2D eigenvalue weighted by Gasteiger charge is -2.11. The maximum Gasteiger partial charge on any atom is 0.263 e. The average Bonchev–Trinajstić information content (AvgIpc) is 3.85. The van der Waals surface area contributed by atoms with Gasteiger partial charge in [0.25, 0.3) is 11.1 Å². The van der Waals surface area contributed by atoms with Crippen molar-refractivity contribution in [3.8, 4) is 22.4 Å². The highest BCUT2D eigenvalue weighted by atomic mass is 19.1. The summed E-state index contributed by atoms with van der Waals surface area (Å²) < 4.78 is 65.3. The summed E-state index contributed by atoms with van der Waals surface area (Å²) in [5.74, 6) is -2.93. The third-order valence-corrected chi connectivity index (χ3v) is 9.96. The minimum atomic E-state index is -0.732. The van der Waals surface area contributed by atoms with Gasteiger partial charge in [0, 0.05) is 47.7 Å². The van der Waals surface area contributed by atoms with Crippen LogP contribution in [0.4, 0.5) is 17.6 Å². The molecule has 0 N–H and O–H groups in total. The number of aryl methyl sites for hydroxylation is 1. The average molecular weight is 792 g/mol. The number of halogens is 4. The van der Waals surface area contributed by atoms with Gasteiger partial charge in [0.15, 0.2) is 5.65 Å². The third-order valence-electron chi connectivity index (χ3n) is 9.96. The first-order valence-electron chi connectivity index (χ1n) is 18.2. The molecule has 0 unspecified atom stereocenters. The van der Waals surface area contributed by atoms with E-state index in [2.05, 4.69) is 25.0 Å². The molecule has 0 fully saturated rings. The van der Waals surface area contributed by atoms with E-state index >= 15 is 0 Å². The number of para-hydroxylation sites is 1. The molecule has 0 saturated heterocycles. The van der Waals surface area contributed by atoms with E-state index in [4.69, 9.17) is 0 Å². The molecule has 0 radical (unpaired) electrons. The maximum atomic E-state index is 14.9. The number of pyridine rings is 2. The van der Waals surface area contributed by atoms with E-state index in [-0.39, 0.29) is 29.8 Å². The Balaban J connectivity index is 0.000000152. The van der Waals surface area contributed by atoms with E-state index in [1.54, 1.807) is 77.1 Å². The second-order valence-corrected chi connectivity index (χ2v) is 13.7. The van der Waals surface area contributed by atoms with Crippen molar-refractivity contribution in [3.63, 3.8) is 0 Å². The van der Waals surface area contributed by atoms with Crippen LogP contribution in [0.1, 0.15) is 11.1 Å². The molecule has 10 aromatic rings. The summed E-state index contributed by atoms with van der Waals surface area (Å²) in [6.07, 6.45) is 9.24. The van der Waals surface area contributed by atoms with Crippen LogP contribution in [0, 0.1) is 23.3 Å². The maximum absolute atomic E-state index is 14.9. The highest BCUT2D eigenvalue weighted by Gasteiger charge is 2.18. The molecule has 0 atom stereocenters. The van der Waals surface area contributed by atoms with Crippen molar-refractivity contribution in [1.29, 1.82) is 0 Å². The molecule has 0 aliphatic heterocycles. The number of benzene rings is 4. The molecule has 59 heavy (non-hydrogen) atoms. The van der Waals surface area contributed by atoms with Gasteiger partial charge >= 0.3 is 0 Å². The summed E-state index contributed by atoms with van der Waals surface area (Å²) in [5, 5.41) is 5.82. The van der Waals surface area contributed by atoms with E-state index in [0.29, 0.717) is 50.0 Å². The van der Waals surface area contributed by atoms with Gasteiger partial charge in [-0.2, -0.15) is 5.10 Å². The summed E-state index contributed by atoms with van der Waals surface area (Å²) in [4.78, 5) is 41.8. The van der Waals surface area contributed by atoms with Gasteiger partial charge in [-0.3, -0.25) is 27.8 Å². The molecule has 0 amide bonds. The summed E-state index contributed by atoms with van der Waals surface area (Å²) in [5.41, 5.74) is 3.13. The van der Waals surface area contributed by atoms with Gasteiger partial charge < -0.3 is 0 Å². The van der Waals surface area contributed by atoms with Crippen molar-refractivity contribution in [2.75, 3.05) is 0 Å². The Kier molecular flexibility index (Phi) is 9.31. The molecule has 0 spiro atoms. The molecular weight excluding hydrogens is 763 g/mol. The third kappa shape index (κ3) is 6.88. The van der Waals surface area contributed by atoms with Crippen molar-refractivity contribution < 1.29 is 17.6 Å². The number of imidazole rings is 1. The fraction of sp³-hybridized carbons (Fsp3) is 0.0682. The Morgan fingerprint density at radius 3 is 1.97 bits per heavy atom. The lowest BCUT2D eigenvalue weighted by Crippen LogP contribution is -2.22. The van der Waals surface area contributed by atoms with Gasteiger partial charge in [-0.1, -0.05) is 30.3 Å². The minimum Gasteiger partial charge on any atom is -0.300 e. The standard InChI is InChI=1S/C22H15F2N5O.C22H14F2N4O/c1-28-10-16-14(4-2-6-20(16)27-28)13-8-18(23)17(19(24)9-13)11-29-12-26-21-15(22(29)30)5-3-7-25-21;23-17-9-14(20-11-25-21-7-3-4-8-28(20)21)10-18(24)16(17)12-27-13-26-19-6-2-1-5-15(19)22(27)29/h2-10,12H,11H2,1H3;1-11,13H,12H2. The van der Waals surface area contributed by atoms with E-state index in [1.807, 2.05) is 30.5 Å². The van der Waals surface area contributed by atoms with E-state index < -0.39 is 28.8 Å². The van der Waals surface area contributed by atoms with E-state index in [9.17, 15) is 27.2 Å². The predicted octanol–water partition coefficient (Wildman–Crippen LogP) is 7.71. The normalized spacial score (nSPS) is 11.4. The van der Waals surface area contributed by atoms with Crippen LogP contribution in [-0.4, -0.2) is 43.3 Å². The van der Waals surface area contributed by atoms with Crippen molar-refractivity contribution in [2.24, 2.45) is 7.05 Å². The molecule has 0 bridgehead atoms. The highest BCUT2D eigenvalue weighted by molar-refractivity contribution is 5.94. The van der Waals surface area contributed by atoms with Crippen LogP contribution in [0.2, 0.25) is 0 Å². The Bertz CT molecular complexity index is 3330. The van der Waals surface area contributed by atoms with E-state index in [0.717, 1.165) is 10.9 Å². The summed E-state index contributed by atoms with van der Waals surface area (Å²) in [6.45, 7) is -0.520. The van der Waals surface area contributed by atoms with Crippen molar-refractivity contribution in [1.82, 2.24) is 43.3 Å². The summed E-state index contributed by atoms with van der Waals surface area (Å²) in [6, 6.07) is 26.0. The number of hydrogen-bond donors (Lipinski definition) is 0. The minimum absolute atomic E-state index is 0.193. The van der Waals surface area contributed by atoms with Crippen LogP contribution < -0.4 is 11.1 Å². The smallest absolute Gasteiger partial charge is 0.263 e. The largest absolute Gasteiger partial charge is 0.300 e. The van der Waals surface area contributed by atoms with Crippen LogP contribution in [0.3, 0.4) is 0 Å². The summed E-state index contributed by atoms with van der Waals surface area (Å²) >= 11 is 0. The summed E-state index contributed by atoms with van der Waals surface area (Å²) in [7, 11) is 1.79. The fourth-order valence-corrected chi connectivity index (χ4v) is 7.04. The molecule has 6 heterocycles. The molecule has 15 heteroatoms. The van der Waals surface area contributed by atoms with Gasteiger partial charge in [0.05, 0.1) is 53.1 Å². The first-order chi connectivity index (χ1) is 28.6. The molecule has 6 aromatic heterocycles. The van der Waals surface area contributed by atoms with Gasteiger partial charge in [0.2, 0.25) is 0 Å². The SMILES string of the molecule is Cn1cc2c(-c3cc(F)c(Cn4cnc5ncccc5c4=O)c(F)c3)cccc2n1.O=c1c2ccccc2ncn1Cc1c(F)cc(-c2cnc3ccccn23)cc1F. The first-order valence-corrected chi connectivity index (χ1v) is 18.2. The Labute approximate surface area is 330 Å². The number of rotatable bonds is 6. The van der Waals surface area contributed by atoms with Crippen LogP contribution in [0.25, 0.3) is 60.9 Å². The molecular formula is C44H29F4N9O2. The zero-order valence-electron chi connectivity index (χ0n) is 31.0. The number of fused-ring (bicyclic) bond motifs is 4. The lowest BCUT2D eigenvalue weighted by atomic mass is 10.00. The number of nitrogens with zero attached hydrogens (tertiary/aromatic N) is 9. The predicted molar refractivity (Wildman–Crippen MR) is 215 cm³/mol. The molecule has 11 nitrogen and oxygen atoms in total. The van der Waals surface area contributed by atoms with Gasteiger partial charge in [-0.15, -0.1) is 0 Å². The van der Waals surface area contributed by atoms with Crippen molar-refractivity contribution in [2.45, 2.75) is 13.1 Å². The van der Waals surface area contributed by atoms with Crippen molar-refractivity contribution in [3.05, 3.63) is 190 Å². The van der Waals surface area contributed by atoms with Crippen LogP contribution in [-0.2, 0) is 20.1 Å². The second-order valence-electron chi connectivity index (χ2n) is 13.7. The van der Waals surface area contributed by atoms with Gasteiger partial charge in [-0.25, -0.2) is 37.5 Å². The Hall–Kier alpha value is -7.81. The topological polar surface area (TPSA) is 118 Å². The van der Waals surface area contributed by atoms with Crippen LogP contribution in [0.5, 0.6) is 0 Å². The molecule has 290 valence electrons. The van der Waals surface area contributed by atoms with Crippen molar-refractivity contribution >= 4 is 38.5 Å². The zero-order valence-corrected chi connectivity index (χ0v) is 31.0. The second kappa shape index (κ2) is 14.9. The number of hydrogen-bond acceptors (Lipinski definition) is 7. The van der Waals surface area contributed by atoms with E-state index in [1.165, 1.54) is 52.3 Å². The first kappa shape index (κ1) is 36.8. The molecule has 10 rings (SSSR count). The van der Waals surface area contributed by atoms with Crippen LogP contribution >= 0.6 is 0 Å². The highest BCUT2D eigenvalue weighted by Crippen LogP contribution is 2.31. The lowest BCUT2D eigenvalue weighted by molar-refractivity contribution is 0.541. The quantitative estimate of drug-likeness (QED) is 0.159. The van der Waals surface area contributed by atoms with Gasteiger partial charge in [0.1, 0.15) is 35.2 Å². The molecule has 4 aromatic carbocycles. The fourth-order valence-electron chi connectivity index (χ4n) is 7.04.